The van der Waals surface area contributed by atoms with E-state index in [1.807, 2.05) is 32.2 Å². The lowest BCUT2D eigenvalue weighted by Crippen LogP contribution is -2.38. The van der Waals surface area contributed by atoms with E-state index in [0.717, 1.165) is 29.9 Å². The van der Waals surface area contributed by atoms with Gasteiger partial charge < -0.3 is 14.8 Å². The average molecular weight is 232 g/mol. The summed E-state index contributed by atoms with van der Waals surface area (Å²) in [7, 11) is 1.81. The van der Waals surface area contributed by atoms with Crippen molar-refractivity contribution in [1.82, 2.24) is 5.32 Å². The summed E-state index contributed by atoms with van der Waals surface area (Å²) in [6.07, 6.45) is 1.60. The van der Waals surface area contributed by atoms with Crippen LogP contribution >= 0.6 is 0 Å². The third-order valence-electron chi connectivity index (χ3n) is 3.15. The van der Waals surface area contributed by atoms with E-state index in [2.05, 4.69) is 11.4 Å². The molecule has 2 rings (SSSR count). The Kier molecular flexibility index (Phi) is 3.21. The molecule has 0 amide bonds. The Hall–Kier alpha value is -1.73. The number of rotatable bonds is 4. The van der Waals surface area contributed by atoms with Crippen LogP contribution in [0, 0.1) is 11.3 Å². The Morgan fingerprint density at radius 2 is 2.18 bits per heavy atom. The molecule has 0 aromatic heterocycles. The van der Waals surface area contributed by atoms with Crippen molar-refractivity contribution >= 4 is 0 Å². The third-order valence-corrected chi connectivity index (χ3v) is 3.15. The van der Waals surface area contributed by atoms with Gasteiger partial charge in [0.15, 0.2) is 11.5 Å². The molecule has 1 aromatic rings. The highest BCUT2D eigenvalue weighted by Gasteiger charge is 2.21. The van der Waals surface area contributed by atoms with Crippen LogP contribution in [-0.4, -0.2) is 19.4 Å². The lowest BCUT2D eigenvalue weighted by atomic mass is 9.95. The van der Waals surface area contributed by atoms with Gasteiger partial charge in [0.25, 0.3) is 0 Å². The van der Waals surface area contributed by atoms with Crippen LogP contribution in [0.15, 0.2) is 18.2 Å². The minimum atomic E-state index is -0.476. The molecule has 1 atom stereocenters. The van der Waals surface area contributed by atoms with Crippen LogP contribution in [0.2, 0.25) is 0 Å². The lowest BCUT2D eigenvalue weighted by Gasteiger charge is -2.20. The molecule has 0 saturated carbocycles. The van der Waals surface area contributed by atoms with Crippen LogP contribution in [0.1, 0.15) is 18.9 Å². The second-order valence-corrected chi connectivity index (χ2v) is 4.38. The monoisotopic (exact) mass is 232 g/mol. The number of hydrogen-bond donors (Lipinski definition) is 1. The first-order chi connectivity index (χ1) is 8.17. The molecule has 0 spiro atoms. The number of nitriles is 1. The average Bonchev–Trinajstić information content (AvgIpc) is 2.83. The van der Waals surface area contributed by atoms with Crippen LogP contribution in [0.25, 0.3) is 0 Å². The molecule has 4 heteroatoms. The molecular formula is C13H16N2O2. The van der Waals surface area contributed by atoms with Crippen molar-refractivity contribution in [3.63, 3.8) is 0 Å². The molecule has 4 nitrogen and oxygen atoms in total. The smallest absolute Gasteiger partial charge is 0.231 e. The van der Waals surface area contributed by atoms with Gasteiger partial charge in [-0.15, -0.1) is 0 Å². The minimum Gasteiger partial charge on any atom is -0.454 e. The van der Waals surface area contributed by atoms with Crippen molar-refractivity contribution in [3.8, 4) is 17.6 Å². The van der Waals surface area contributed by atoms with Gasteiger partial charge in [-0.3, -0.25) is 0 Å². The van der Waals surface area contributed by atoms with Crippen molar-refractivity contribution in [2.24, 2.45) is 0 Å². The Labute approximate surface area is 101 Å². The van der Waals surface area contributed by atoms with Gasteiger partial charge >= 0.3 is 0 Å². The SMILES string of the molecule is CNC(C)(C#N)CCc1ccc2c(c1)OCO2. The first-order valence-electron chi connectivity index (χ1n) is 5.65. The van der Waals surface area contributed by atoms with Gasteiger partial charge in [-0.05, 0) is 44.5 Å². The molecular weight excluding hydrogens is 216 g/mol. The van der Waals surface area contributed by atoms with Crippen molar-refractivity contribution in [2.75, 3.05) is 13.8 Å². The zero-order valence-electron chi connectivity index (χ0n) is 10.1. The number of ether oxygens (including phenoxy) is 2. The first kappa shape index (κ1) is 11.7. The molecule has 1 unspecified atom stereocenters. The van der Waals surface area contributed by atoms with Crippen LogP contribution in [0.3, 0.4) is 0 Å². The highest BCUT2D eigenvalue weighted by atomic mass is 16.7. The van der Waals surface area contributed by atoms with Crippen LogP contribution in [-0.2, 0) is 6.42 Å². The maximum atomic E-state index is 9.06. The quantitative estimate of drug-likeness (QED) is 0.860. The lowest BCUT2D eigenvalue weighted by molar-refractivity contribution is 0.174. The normalized spacial score (nSPS) is 16.3. The molecule has 0 aliphatic carbocycles. The number of nitrogens with zero attached hydrogens (tertiary/aromatic N) is 1. The van der Waals surface area contributed by atoms with E-state index >= 15 is 0 Å². The number of benzene rings is 1. The summed E-state index contributed by atoms with van der Waals surface area (Å²) in [6.45, 7) is 2.20. The maximum Gasteiger partial charge on any atom is 0.231 e. The molecule has 1 heterocycles. The van der Waals surface area contributed by atoms with E-state index in [0.29, 0.717) is 6.79 Å². The Morgan fingerprint density at radius 1 is 1.41 bits per heavy atom. The Morgan fingerprint density at radius 3 is 2.88 bits per heavy atom. The van der Waals surface area contributed by atoms with Crippen molar-refractivity contribution in [3.05, 3.63) is 23.8 Å². The van der Waals surface area contributed by atoms with Gasteiger partial charge in [-0.1, -0.05) is 6.07 Å². The van der Waals surface area contributed by atoms with E-state index in [4.69, 9.17) is 14.7 Å². The van der Waals surface area contributed by atoms with E-state index in [1.165, 1.54) is 0 Å². The maximum absolute atomic E-state index is 9.06. The van der Waals surface area contributed by atoms with Gasteiger partial charge in [0.1, 0.15) is 5.54 Å². The van der Waals surface area contributed by atoms with E-state index in [9.17, 15) is 0 Å². The predicted molar refractivity (Wildman–Crippen MR) is 64.0 cm³/mol. The van der Waals surface area contributed by atoms with Crippen LogP contribution < -0.4 is 14.8 Å². The molecule has 1 aliphatic heterocycles. The molecule has 17 heavy (non-hydrogen) atoms. The largest absolute Gasteiger partial charge is 0.454 e. The fourth-order valence-corrected chi connectivity index (χ4v) is 1.73. The highest BCUT2D eigenvalue weighted by molar-refractivity contribution is 5.44. The summed E-state index contributed by atoms with van der Waals surface area (Å²) in [4.78, 5) is 0. The van der Waals surface area contributed by atoms with Crippen molar-refractivity contribution < 1.29 is 9.47 Å². The number of fused-ring (bicyclic) bond motifs is 1. The topological polar surface area (TPSA) is 54.3 Å². The summed E-state index contributed by atoms with van der Waals surface area (Å²) >= 11 is 0. The molecule has 1 aromatic carbocycles. The van der Waals surface area contributed by atoms with Crippen molar-refractivity contribution in [1.29, 1.82) is 5.26 Å². The van der Waals surface area contributed by atoms with Crippen molar-refractivity contribution in [2.45, 2.75) is 25.3 Å². The van der Waals surface area contributed by atoms with E-state index in [-0.39, 0.29) is 0 Å². The molecule has 0 radical (unpaired) electrons. The second kappa shape index (κ2) is 4.64. The summed E-state index contributed by atoms with van der Waals surface area (Å²) in [6, 6.07) is 8.20. The van der Waals surface area contributed by atoms with Crippen LogP contribution in [0.5, 0.6) is 11.5 Å². The minimum absolute atomic E-state index is 0.297. The fourth-order valence-electron chi connectivity index (χ4n) is 1.73. The fraction of sp³-hybridized carbons (Fsp3) is 0.462. The highest BCUT2D eigenvalue weighted by Crippen LogP contribution is 2.33. The van der Waals surface area contributed by atoms with Gasteiger partial charge in [-0.2, -0.15) is 5.26 Å². The summed E-state index contributed by atoms with van der Waals surface area (Å²) in [5.41, 5.74) is 0.682. The third kappa shape index (κ3) is 2.51. The van der Waals surface area contributed by atoms with Gasteiger partial charge in [0.05, 0.1) is 6.07 Å². The summed E-state index contributed by atoms with van der Waals surface area (Å²) < 4.78 is 10.6. The van der Waals surface area contributed by atoms with Gasteiger partial charge in [0, 0.05) is 0 Å². The Bertz CT molecular complexity index is 453. The van der Waals surface area contributed by atoms with Gasteiger partial charge in [-0.25, -0.2) is 0 Å². The number of hydrogen-bond acceptors (Lipinski definition) is 4. The second-order valence-electron chi connectivity index (χ2n) is 4.38. The molecule has 0 saturated heterocycles. The number of aryl methyl sites for hydroxylation is 1. The standard InChI is InChI=1S/C13H16N2O2/c1-13(8-14,15-2)6-5-10-3-4-11-12(7-10)17-9-16-11/h3-4,7,15H,5-6,9H2,1-2H3. The molecule has 0 fully saturated rings. The summed E-state index contributed by atoms with van der Waals surface area (Å²) in [5.74, 6) is 1.59. The molecule has 1 aliphatic rings. The zero-order chi connectivity index (χ0) is 12.3. The van der Waals surface area contributed by atoms with E-state index < -0.39 is 5.54 Å². The van der Waals surface area contributed by atoms with Gasteiger partial charge in [0.2, 0.25) is 6.79 Å². The molecule has 1 N–H and O–H groups in total. The number of nitrogens with one attached hydrogen (secondary N) is 1. The zero-order valence-corrected chi connectivity index (χ0v) is 10.1. The Balaban J connectivity index is 2.03. The first-order valence-corrected chi connectivity index (χ1v) is 5.65. The molecule has 0 bridgehead atoms. The molecule has 90 valence electrons. The van der Waals surface area contributed by atoms with E-state index in [1.54, 1.807) is 0 Å². The van der Waals surface area contributed by atoms with Crippen LogP contribution in [0.4, 0.5) is 0 Å². The predicted octanol–water partition coefficient (Wildman–Crippen LogP) is 1.85. The summed E-state index contributed by atoms with van der Waals surface area (Å²) in [5, 5.41) is 12.1.